The molecule has 10 heteroatoms. The lowest BCUT2D eigenvalue weighted by Crippen LogP contribution is -2.39. The summed E-state index contributed by atoms with van der Waals surface area (Å²) < 4.78 is 50.6. The van der Waals surface area contributed by atoms with Crippen LogP contribution in [0.5, 0.6) is 23.0 Å². The van der Waals surface area contributed by atoms with Gasteiger partial charge in [-0.25, -0.2) is 13.1 Å². The molecule has 2 aromatic carbocycles. The molecule has 162 valence electrons. The van der Waals surface area contributed by atoms with Crippen LogP contribution in [0.3, 0.4) is 0 Å². The van der Waals surface area contributed by atoms with E-state index in [1.807, 2.05) is 6.07 Å². The monoisotopic (exact) mass is 436 g/mol. The quantitative estimate of drug-likeness (QED) is 0.703. The first-order valence-electron chi connectivity index (χ1n) is 9.38. The lowest BCUT2D eigenvalue weighted by atomic mass is 10.0. The van der Waals surface area contributed by atoms with Crippen LogP contribution in [-0.4, -0.2) is 53.4 Å². The van der Waals surface area contributed by atoms with Gasteiger partial charge in [-0.3, -0.25) is 4.84 Å². The molecule has 0 aliphatic carbocycles. The molecule has 4 rings (SSSR count). The third-order valence-electron chi connectivity index (χ3n) is 5.25. The van der Waals surface area contributed by atoms with Gasteiger partial charge in [-0.05, 0) is 23.8 Å². The predicted octanol–water partition coefficient (Wildman–Crippen LogP) is 1.84. The molecular formula is C20H24N2O7S. The van der Waals surface area contributed by atoms with Crippen LogP contribution in [0.1, 0.15) is 17.2 Å². The number of rotatable bonds is 7. The van der Waals surface area contributed by atoms with E-state index in [2.05, 4.69) is 4.72 Å². The van der Waals surface area contributed by atoms with Crippen molar-refractivity contribution in [3.05, 3.63) is 47.5 Å². The number of nitrogens with zero attached hydrogens (tertiary/aromatic N) is 1. The van der Waals surface area contributed by atoms with Crippen LogP contribution in [0.2, 0.25) is 0 Å². The minimum Gasteiger partial charge on any atom is -0.493 e. The number of ether oxygens (including phenoxy) is 4. The van der Waals surface area contributed by atoms with Crippen molar-refractivity contribution in [2.45, 2.75) is 17.8 Å². The predicted molar refractivity (Wildman–Crippen MR) is 108 cm³/mol. The first-order valence-corrected chi connectivity index (χ1v) is 10.9. The number of para-hydroxylation sites is 1. The van der Waals surface area contributed by atoms with E-state index in [-0.39, 0.29) is 19.9 Å². The molecule has 0 amide bonds. The largest absolute Gasteiger partial charge is 0.493 e. The summed E-state index contributed by atoms with van der Waals surface area (Å²) in [4.78, 5) is 5.59. The number of benzene rings is 2. The van der Waals surface area contributed by atoms with E-state index in [1.165, 1.54) is 14.2 Å². The summed E-state index contributed by atoms with van der Waals surface area (Å²) in [5.41, 5.74) is 1.45. The molecule has 1 N–H and O–H groups in total. The van der Waals surface area contributed by atoms with Crippen LogP contribution in [-0.2, 0) is 21.4 Å². The van der Waals surface area contributed by atoms with Crippen LogP contribution >= 0.6 is 0 Å². The maximum Gasteiger partial charge on any atom is 0.231 e. The van der Waals surface area contributed by atoms with Gasteiger partial charge in [0.2, 0.25) is 16.8 Å². The summed E-state index contributed by atoms with van der Waals surface area (Å²) in [6.45, 7) is 0.319. The lowest BCUT2D eigenvalue weighted by Gasteiger charge is -2.25. The molecule has 2 aliphatic heterocycles. The van der Waals surface area contributed by atoms with Gasteiger partial charge in [0.1, 0.15) is 5.25 Å². The molecule has 0 bridgehead atoms. The highest BCUT2D eigenvalue weighted by Gasteiger charge is 2.44. The smallest absolute Gasteiger partial charge is 0.231 e. The van der Waals surface area contributed by atoms with Crippen LogP contribution in [0, 0.1) is 0 Å². The fraction of sp³-hybridized carbons (Fsp3) is 0.400. The van der Waals surface area contributed by atoms with Crippen molar-refractivity contribution in [1.29, 1.82) is 0 Å². The third kappa shape index (κ3) is 3.79. The number of hydrogen-bond acceptors (Lipinski definition) is 8. The lowest BCUT2D eigenvalue weighted by molar-refractivity contribution is -0.110. The molecule has 1 fully saturated rings. The van der Waals surface area contributed by atoms with Crippen molar-refractivity contribution in [2.75, 3.05) is 34.7 Å². The fourth-order valence-corrected chi connectivity index (χ4v) is 5.22. The molecule has 2 atom stereocenters. The van der Waals surface area contributed by atoms with Crippen molar-refractivity contribution >= 4 is 10.0 Å². The molecule has 2 unspecified atom stereocenters. The topological polar surface area (TPSA) is 95.6 Å². The second-order valence-electron chi connectivity index (χ2n) is 6.96. The van der Waals surface area contributed by atoms with Gasteiger partial charge in [0.15, 0.2) is 23.0 Å². The Kier molecular flexibility index (Phi) is 5.74. The zero-order valence-electron chi connectivity index (χ0n) is 17.0. The zero-order valence-corrected chi connectivity index (χ0v) is 17.8. The Labute approximate surface area is 175 Å². The highest BCUT2D eigenvalue weighted by atomic mass is 32.2. The average Bonchev–Trinajstić information content (AvgIpc) is 3.37. The minimum absolute atomic E-state index is 0.0258. The zero-order chi connectivity index (χ0) is 21.3. The van der Waals surface area contributed by atoms with E-state index in [0.29, 0.717) is 28.6 Å². The Hall–Kier alpha value is -2.53. The maximum absolute atomic E-state index is 13.2. The molecule has 1 saturated heterocycles. The van der Waals surface area contributed by atoms with Crippen LogP contribution in [0.25, 0.3) is 0 Å². The van der Waals surface area contributed by atoms with Gasteiger partial charge in [0.05, 0.1) is 26.9 Å². The Morgan fingerprint density at radius 2 is 1.93 bits per heavy atom. The van der Waals surface area contributed by atoms with Gasteiger partial charge >= 0.3 is 0 Å². The van der Waals surface area contributed by atoms with Crippen molar-refractivity contribution in [3.63, 3.8) is 0 Å². The summed E-state index contributed by atoms with van der Waals surface area (Å²) in [5.74, 6) is 2.27. The standard InChI is InChI=1S/C20H24N2O7S/c1-22-19(14-5-4-6-16(25-2)20(14)26-3)18(11-29-22)30(23,24)21-10-13-7-8-15-17(9-13)28-12-27-15/h4-9,18-19,21H,10-12H2,1-3H3. The average molecular weight is 436 g/mol. The van der Waals surface area contributed by atoms with Gasteiger partial charge in [0.25, 0.3) is 0 Å². The van der Waals surface area contributed by atoms with Crippen molar-refractivity contribution in [2.24, 2.45) is 0 Å². The molecule has 9 nitrogen and oxygen atoms in total. The van der Waals surface area contributed by atoms with Crippen LogP contribution in [0.15, 0.2) is 36.4 Å². The normalized spacial score (nSPS) is 21.0. The molecule has 0 saturated carbocycles. The summed E-state index contributed by atoms with van der Waals surface area (Å²) in [5, 5.41) is 0.708. The minimum atomic E-state index is -3.73. The first kappa shape index (κ1) is 20.7. The molecule has 2 aliphatic rings. The Morgan fingerprint density at radius 1 is 1.13 bits per heavy atom. The van der Waals surface area contributed by atoms with Crippen LogP contribution in [0.4, 0.5) is 0 Å². The first-order chi connectivity index (χ1) is 14.4. The van der Waals surface area contributed by atoms with Gasteiger partial charge in [0, 0.05) is 19.2 Å². The molecule has 2 aromatic rings. The molecular weight excluding hydrogens is 412 g/mol. The van der Waals surface area contributed by atoms with E-state index in [9.17, 15) is 8.42 Å². The summed E-state index contributed by atoms with van der Waals surface area (Å²) in [7, 11) is 1.04. The van der Waals surface area contributed by atoms with Gasteiger partial charge < -0.3 is 18.9 Å². The van der Waals surface area contributed by atoms with Gasteiger partial charge in [-0.2, -0.15) is 5.06 Å². The van der Waals surface area contributed by atoms with Crippen molar-refractivity contribution in [1.82, 2.24) is 9.79 Å². The molecule has 0 radical (unpaired) electrons. The Bertz CT molecular complexity index is 1030. The van der Waals surface area contributed by atoms with E-state index in [0.717, 1.165) is 5.56 Å². The summed E-state index contributed by atoms with van der Waals surface area (Å²) in [6.07, 6.45) is 0. The van der Waals surface area contributed by atoms with Gasteiger partial charge in [-0.1, -0.05) is 18.2 Å². The van der Waals surface area contributed by atoms with E-state index in [4.69, 9.17) is 23.8 Å². The number of fused-ring (bicyclic) bond motifs is 1. The molecule has 2 heterocycles. The molecule has 30 heavy (non-hydrogen) atoms. The molecule has 0 aromatic heterocycles. The number of hydroxylamine groups is 2. The fourth-order valence-electron chi connectivity index (χ4n) is 3.74. The summed E-state index contributed by atoms with van der Waals surface area (Å²) in [6, 6.07) is 10.1. The maximum atomic E-state index is 13.2. The Balaban J connectivity index is 1.57. The highest BCUT2D eigenvalue weighted by molar-refractivity contribution is 7.90. The Morgan fingerprint density at radius 3 is 2.70 bits per heavy atom. The number of hydrogen-bond donors (Lipinski definition) is 1. The van der Waals surface area contributed by atoms with E-state index < -0.39 is 21.3 Å². The number of methoxy groups -OCH3 is 2. The van der Waals surface area contributed by atoms with Crippen molar-refractivity contribution in [3.8, 4) is 23.0 Å². The third-order valence-corrected chi connectivity index (χ3v) is 6.99. The second-order valence-corrected chi connectivity index (χ2v) is 8.95. The van der Waals surface area contributed by atoms with Gasteiger partial charge in [-0.15, -0.1) is 0 Å². The SMILES string of the molecule is COc1cccc(C2C(S(=O)(=O)NCc3ccc4c(c3)OCO4)CON2C)c1OC. The molecule has 0 spiro atoms. The van der Waals surface area contributed by atoms with E-state index >= 15 is 0 Å². The number of nitrogens with one attached hydrogen (secondary N) is 1. The van der Waals surface area contributed by atoms with E-state index in [1.54, 1.807) is 42.4 Å². The van der Waals surface area contributed by atoms with Crippen molar-refractivity contribution < 1.29 is 32.2 Å². The number of sulfonamides is 1. The van der Waals surface area contributed by atoms with Crippen LogP contribution < -0.4 is 23.7 Å². The summed E-state index contributed by atoms with van der Waals surface area (Å²) >= 11 is 0. The highest BCUT2D eigenvalue weighted by Crippen LogP contribution is 2.42. The second kappa shape index (κ2) is 8.31.